The maximum Gasteiger partial charge on any atom is 0.150 e. The molecule has 0 unspecified atom stereocenters. The molecule has 0 fully saturated rings. The standard InChI is InChI=1S/C13H9BrF3N/c14-11-5-10(16)6-12(17)13(11)18-7-8-1-3-9(15)4-2-8/h1-6,18H,7H2. The summed E-state index contributed by atoms with van der Waals surface area (Å²) < 4.78 is 39.4. The Kier molecular flexibility index (Phi) is 3.91. The van der Waals surface area contributed by atoms with Gasteiger partial charge >= 0.3 is 0 Å². The molecule has 0 aromatic heterocycles. The Morgan fingerprint density at radius 1 is 0.944 bits per heavy atom. The molecule has 2 rings (SSSR count). The van der Waals surface area contributed by atoms with Gasteiger partial charge in [0.2, 0.25) is 0 Å². The van der Waals surface area contributed by atoms with Gasteiger partial charge in [-0.25, -0.2) is 13.2 Å². The van der Waals surface area contributed by atoms with Gasteiger partial charge in [0, 0.05) is 17.1 Å². The molecule has 0 amide bonds. The Morgan fingerprint density at radius 2 is 1.61 bits per heavy atom. The van der Waals surface area contributed by atoms with Crippen LogP contribution in [0.3, 0.4) is 0 Å². The van der Waals surface area contributed by atoms with Crippen LogP contribution in [0.15, 0.2) is 40.9 Å². The minimum Gasteiger partial charge on any atom is -0.378 e. The van der Waals surface area contributed by atoms with Gasteiger partial charge in [-0.3, -0.25) is 0 Å². The van der Waals surface area contributed by atoms with E-state index in [0.717, 1.165) is 11.6 Å². The lowest BCUT2D eigenvalue weighted by molar-refractivity contribution is 0.583. The lowest BCUT2D eigenvalue weighted by atomic mass is 10.2. The Morgan fingerprint density at radius 3 is 2.22 bits per heavy atom. The predicted octanol–water partition coefficient (Wildman–Crippen LogP) is 4.48. The fraction of sp³-hybridized carbons (Fsp3) is 0.0769. The first kappa shape index (κ1) is 13.0. The highest BCUT2D eigenvalue weighted by atomic mass is 79.9. The Balaban J connectivity index is 2.13. The summed E-state index contributed by atoms with van der Waals surface area (Å²) in [5.74, 6) is -1.65. The van der Waals surface area contributed by atoms with Crippen molar-refractivity contribution in [3.8, 4) is 0 Å². The second-order valence-corrected chi connectivity index (χ2v) is 4.58. The molecule has 0 saturated carbocycles. The van der Waals surface area contributed by atoms with E-state index in [1.807, 2.05) is 0 Å². The lowest BCUT2D eigenvalue weighted by Crippen LogP contribution is -2.03. The first-order valence-electron chi connectivity index (χ1n) is 5.19. The van der Waals surface area contributed by atoms with Gasteiger partial charge in [0.05, 0.1) is 5.69 Å². The third-order valence-corrected chi connectivity index (χ3v) is 3.01. The van der Waals surface area contributed by atoms with Crippen LogP contribution in [0.25, 0.3) is 0 Å². The molecule has 0 aliphatic heterocycles. The summed E-state index contributed by atoms with van der Waals surface area (Å²) in [6.07, 6.45) is 0. The molecule has 1 N–H and O–H groups in total. The van der Waals surface area contributed by atoms with Crippen LogP contribution in [0.4, 0.5) is 18.9 Å². The van der Waals surface area contributed by atoms with Crippen LogP contribution in [-0.4, -0.2) is 0 Å². The van der Waals surface area contributed by atoms with E-state index < -0.39 is 11.6 Å². The van der Waals surface area contributed by atoms with Crippen LogP contribution >= 0.6 is 15.9 Å². The molecule has 94 valence electrons. The average molecular weight is 316 g/mol. The molecule has 0 spiro atoms. The molecule has 0 aliphatic rings. The van der Waals surface area contributed by atoms with Crippen molar-refractivity contribution in [3.05, 3.63) is 63.9 Å². The molecule has 0 radical (unpaired) electrons. The van der Waals surface area contributed by atoms with E-state index in [1.54, 1.807) is 12.1 Å². The highest BCUT2D eigenvalue weighted by molar-refractivity contribution is 9.10. The van der Waals surface area contributed by atoms with Crippen LogP contribution in [0.1, 0.15) is 5.56 Å². The van der Waals surface area contributed by atoms with E-state index in [4.69, 9.17) is 0 Å². The van der Waals surface area contributed by atoms with E-state index in [-0.39, 0.29) is 11.5 Å². The summed E-state index contributed by atoms with van der Waals surface area (Å²) in [7, 11) is 0. The second kappa shape index (κ2) is 5.44. The molecule has 2 aromatic carbocycles. The molecular weight excluding hydrogens is 307 g/mol. The molecule has 0 aliphatic carbocycles. The summed E-state index contributed by atoms with van der Waals surface area (Å²) in [4.78, 5) is 0. The molecule has 1 nitrogen and oxygen atoms in total. The highest BCUT2D eigenvalue weighted by Crippen LogP contribution is 2.27. The second-order valence-electron chi connectivity index (χ2n) is 3.72. The van der Waals surface area contributed by atoms with Crippen molar-refractivity contribution < 1.29 is 13.2 Å². The quantitative estimate of drug-likeness (QED) is 0.880. The fourth-order valence-corrected chi connectivity index (χ4v) is 2.05. The number of rotatable bonds is 3. The van der Waals surface area contributed by atoms with Crippen LogP contribution in [-0.2, 0) is 6.54 Å². The first-order chi connectivity index (χ1) is 8.56. The predicted molar refractivity (Wildman–Crippen MR) is 67.8 cm³/mol. The summed E-state index contributed by atoms with van der Waals surface area (Å²) in [6, 6.07) is 7.82. The van der Waals surface area contributed by atoms with Gasteiger partial charge in [-0.15, -0.1) is 0 Å². The largest absolute Gasteiger partial charge is 0.378 e. The van der Waals surface area contributed by atoms with E-state index in [9.17, 15) is 13.2 Å². The molecule has 0 saturated heterocycles. The molecule has 2 aromatic rings. The summed E-state index contributed by atoms with van der Waals surface area (Å²) in [6.45, 7) is 0.321. The van der Waals surface area contributed by atoms with E-state index in [1.165, 1.54) is 18.2 Å². The third-order valence-electron chi connectivity index (χ3n) is 2.39. The Labute approximate surface area is 111 Å². The minimum atomic E-state index is -0.677. The van der Waals surface area contributed by atoms with Gasteiger partial charge in [-0.2, -0.15) is 0 Å². The zero-order valence-electron chi connectivity index (χ0n) is 9.18. The average Bonchev–Trinajstić information content (AvgIpc) is 2.30. The van der Waals surface area contributed by atoms with Crippen molar-refractivity contribution in [1.82, 2.24) is 0 Å². The maximum absolute atomic E-state index is 13.5. The first-order valence-corrected chi connectivity index (χ1v) is 5.98. The van der Waals surface area contributed by atoms with Gasteiger partial charge in [0.15, 0.2) is 0 Å². The monoisotopic (exact) mass is 315 g/mol. The molecule has 0 bridgehead atoms. The smallest absolute Gasteiger partial charge is 0.150 e. The van der Waals surface area contributed by atoms with Gasteiger partial charge in [-0.05, 0) is 39.7 Å². The van der Waals surface area contributed by atoms with Crippen LogP contribution in [0, 0.1) is 17.5 Å². The van der Waals surface area contributed by atoms with Gasteiger partial charge in [0.25, 0.3) is 0 Å². The van der Waals surface area contributed by atoms with Crippen LogP contribution < -0.4 is 5.32 Å². The minimum absolute atomic E-state index is 0.181. The zero-order chi connectivity index (χ0) is 13.1. The van der Waals surface area contributed by atoms with Crippen molar-refractivity contribution in [3.63, 3.8) is 0 Å². The molecule has 5 heteroatoms. The number of nitrogens with one attached hydrogen (secondary N) is 1. The Bertz CT molecular complexity index is 532. The molecule has 18 heavy (non-hydrogen) atoms. The number of anilines is 1. The lowest BCUT2D eigenvalue weighted by Gasteiger charge is -2.10. The van der Waals surface area contributed by atoms with Crippen molar-refractivity contribution in [2.75, 3.05) is 5.32 Å². The van der Waals surface area contributed by atoms with E-state index in [2.05, 4.69) is 21.2 Å². The van der Waals surface area contributed by atoms with Crippen molar-refractivity contribution in [2.24, 2.45) is 0 Å². The number of benzene rings is 2. The van der Waals surface area contributed by atoms with Gasteiger partial charge < -0.3 is 5.32 Å². The molecule has 0 atom stereocenters. The number of hydrogen-bond donors (Lipinski definition) is 1. The third kappa shape index (κ3) is 3.04. The number of halogens is 4. The molecule has 0 heterocycles. The zero-order valence-corrected chi connectivity index (χ0v) is 10.8. The molecular formula is C13H9BrF3N. The van der Waals surface area contributed by atoms with Crippen LogP contribution in [0.5, 0.6) is 0 Å². The summed E-state index contributed by atoms with van der Waals surface area (Å²) in [5, 5.41) is 2.83. The number of hydrogen-bond acceptors (Lipinski definition) is 1. The topological polar surface area (TPSA) is 12.0 Å². The summed E-state index contributed by atoms with van der Waals surface area (Å²) in [5.41, 5.74) is 0.979. The van der Waals surface area contributed by atoms with E-state index in [0.29, 0.717) is 11.0 Å². The maximum atomic E-state index is 13.5. The highest BCUT2D eigenvalue weighted by Gasteiger charge is 2.09. The van der Waals surface area contributed by atoms with E-state index >= 15 is 0 Å². The SMILES string of the molecule is Fc1ccc(CNc2c(F)cc(F)cc2Br)cc1. The van der Waals surface area contributed by atoms with Gasteiger partial charge in [0.1, 0.15) is 17.5 Å². The van der Waals surface area contributed by atoms with Gasteiger partial charge in [-0.1, -0.05) is 12.1 Å². The van der Waals surface area contributed by atoms with Crippen molar-refractivity contribution >= 4 is 21.6 Å². The fourth-order valence-electron chi connectivity index (χ4n) is 1.50. The van der Waals surface area contributed by atoms with Crippen LogP contribution in [0.2, 0.25) is 0 Å². The summed E-state index contributed by atoms with van der Waals surface area (Å²) >= 11 is 3.08. The Hall–Kier alpha value is -1.49. The normalized spacial score (nSPS) is 10.4. The van der Waals surface area contributed by atoms with Crippen molar-refractivity contribution in [2.45, 2.75) is 6.54 Å². The van der Waals surface area contributed by atoms with Crippen molar-refractivity contribution in [1.29, 1.82) is 0 Å².